The number of carbonyl (C=O) groups is 3. The molecule has 114 valence electrons. The van der Waals surface area contributed by atoms with Crippen LogP contribution in [-0.4, -0.2) is 47.7 Å². The molecule has 1 aliphatic carbocycles. The minimum Gasteiger partial charge on any atom is -0.480 e. The minimum absolute atomic E-state index is 0.00741. The molecule has 0 aromatic rings. The molecule has 2 amide bonds. The van der Waals surface area contributed by atoms with Crippen molar-refractivity contribution in [1.82, 2.24) is 10.6 Å². The smallest absolute Gasteiger partial charge is 0.322 e. The van der Waals surface area contributed by atoms with Gasteiger partial charge in [0.25, 0.3) is 0 Å². The van der Waals surface area contributed by atoms with Crippen molar-refractivity contribution in [2.45, 2.75) is 32.1 Å². The number of carboxylic acid groups (broad SMARTS) is 1. The van der Waals surface area contributed by atoms with Crippen LogP contribution in [0.1, 0.15) is 32.1 Å². The van der Waals surface area contributed by atoms with E-state index in [1.165, 1.54) is 0 Å². The van der Waals surface area contributed by atoms with Gasteiger partial charge in [0.2, 0.25) is 11.8 Å². The Bertz CT molecular complexity index is 359. The number of carbonyl (C=O) groups excluding carboxylic acids is 2. The number of aliphatic hydroxyl groups excluding tert-OH is 1. The third-order valence-corrected chi connectivity index (χ3v) is 3.49. The number of hydrogen-bond acceptors (Lipinski definition) is 4. The Balaban J connectivity index is 2.54. The molecule has 0 aliphatic heterocycles. The lowest BCUT2D eigenvalue weighted by atomic mass is 9.78. The van der Waals surface area contributed by atoms with Crippen LogP contribution in [0.3, 0.4) is 0 Å². The summed E-state index contributed by atoms with van der Waals surface area (Å²) in [6.45, 7) is -0.0308. The fraction of sp³-hybridized carbons (Fsp3) is 0.769. The lowest BCUT2D eigenvalue weighted by molar-refractivity contribution is -0.140. The van der Waals surface area contributed by atoms with Crippen molar-refractivity contribution in [3.8, 4) is 0 Å². The molecule has 4 N–H and O–H groups in total. The van der Waals surface area contributed by atoms with Gasteiger partial charge in [-0.2, -0.15) is 0 Å². The molecule has 1 rings (SSSR count). The molecule has 1 aliphatic rings. The van der Waals surface area contributed by atoms with E-state index in [2.05, 4.69) is 10.6 Å². The normalized spacial score (nSPS) is 22.1. The van der Waals surface area contributed by atoms with Gasteiger partial charge in [0.15, 0.2) is 0 Å². The molecule has 2 atom stereocenters. The van der Waals surface area contributed by atoms with E-state index < -0.39 is 24.3 Å². The zero-order chi connectivity index (χ0) is 15.0. The number of aliphatic carboxylic acids is 1. The van der Waals surface area contributed by atoms with Crippen LogP contribution in [0.2, 0.25) is 0 Å². The average Bonchev–Trinajstić information content (AvgIpc) is 2.44. The second kappa shape index (κ2) is 8.52. The number of hydrogen-bond donors (Lipinski definition) is 4. The predicted molar refractivity (Wildman–Crippen MR) is 70.8 cm³/mol. The summed E-state index contributed by atoms with van der Waals surface area (Å²) < 4.78 is 0. The van der Waals surface area contributed by atoms with E-state index in [1.54, 1.807) is 0 Å². The number of aliphatic hydroxyl groups is 1. The summed E-state index contributed by atoms with van der Waals surface area (Å²) in [6, 6.07) is 0. The van der Waals surface area contributed by atoms with Gasteiger partial charge in [-0.1, -0.05) is 12.8 Å². The number of nitrogens with one attached hydrogen (secondary N) is 2. The fourth-order valence-corrected chi connectivity index (χ4v) is 2.47. The summed E-state index contributed by atoms with van der Waals surface area (Å²) in [6.07, 6.45) is 3.47. The largest absolute Gasteiger partial charge is 0.480 e. The average molecular weight is 286 g/mol. The summed E-state index contributed by atoms with van der Waals surface area (Å²) in [5, 5.41) is 22.3. The summed E-state index contributed by atoms with van der Waals surface area (Å²) in [7, 11) is 0. The highest BCUT2D eigenvalue weighted by molar-refractivity contribution is 5.89. The molecule has 1 saturated carbocycles. The van der Waals surface area contributed by atoms with Gasteiger partial charge in [-0.05, 0) is 19.3 Å². The summed E-state index contributed by atoms with van der Waals surface area (Å²) in [4.78, 5) is 34.4. The summed E-state index contributed by atoms with van der Waals surface area (Å²) in [5.74, 6) is -2.52. The maximum atomic E-state index is 12.0. The summed E-state index contributed by atoms with van der Waals surface area (Å²) in [5.41, 5.74) is 0. The summed E-state index contributed by atoms with van der Waals surface area (Å²) >= 11 is 0. The SMILES string of the molecule is O=C(O)CNC(=O)C1CCCCC1C(=O)NCCCO. The second-order valence-electron chi connectivity index (χ2n) is 4.98. The molecule has 7 nitrogen and oxygen atoms in total. The van der Waals surface area contributed by atoms with Gasteiger partial charge in [0, 0.05) is 25.0 Å². The molecule has 2 unspecified atom stereocenters. The molecule has 0 radical (unpaired) electrons. The van der Waals surface area contributed by atoms with Gasteiger partial charge in [0.1, 0.15) is 6.54 Å². The highest BCUT2D eigenvalue weighted by atomic mass is 16.4. The van der Waals surface area contributed by atoms with Crippen LogP contribution in [0.4, 0.5) is 0 Å². The van der Waals surface area contributed by atoms with E-state index in [-0.39, 0.29) is 18.4 Å². The van der Waals surface area contributed by atoms with Crippen molar-refractivity contribution in [3.05, 3.63) is 0 Å². The van der Waals surface area contributed by atoms with Crippen molar-refractivity contribution in [3.63, 3.8) is 0 Å². The molecular weight excluding hydrogens is 264 g/mol. The Morgan fingerprint density at radius 3 is 2.05 bits per heavy atom. The highest BCUT2D eigenvalue weighted by Gasteiger charge is 2.35. The third kappa shape index (κ3) is 5.16. The van der Waals surface area contributed by atoms with Crippen LogP contribution in [0, 0.1) is 11.8 Å². The molecule has 0 saturated heterocycles. The van der Waals surface area contributed by atoms with Crippen LogP contribution >= 0.6 is 0 Å². The van der Waals surface area contributed by atoms with Crippen molar-refractivity contribution in [2.24, 2.45) is 11.8 Å². The minimum atomic E-state index is -1.10. The zero-order valence-corrected chi connectivity index (χ0v) is 11.4. The maximum Gasteiger partial charge on any atom is 0.322 e. The van der Waals surface area contributed by atoms with E-state index >= 15 is 0 Å². The monoisotopic (exact) mass is 286 g/mol. The van der Waals surface area contributed by atoms with Crippen LogP contribution in [0.15, 0.2) is 0 Å². The first-order valence-electron chi connectivity index (χ1n) is 6.94. The lowest BCUT2D eigenvalue weighted by Crippen LogP contribution is -2.45. The van der Waals surface area contributed by atoms with Gasteiger partial charge < -0.3 is 20.8 Å². The van der Waals surface area contributed by atoms with Crippen LogP contribution in [0.25, 0.3) is 0 Å². The molecule has 7 heteroatoms. The van der Waals surface area contributed by atoms with E-state index in [1.807, 2.05) is 0 Å². The Kier molecular flexibility index (Phi) is 7.00. The first kappa shape index (κ1) is 16.4. The van der Waals surface area contributed by atoms with Gasteiger partial charge in [-0.3, -0.25) is 14.4 Å². The maximum absolute atomic E-state index is 12.0. The predicted octanol–water partition coefficient (Wildman–Crippen LogP) is -0.508. The molecule has 1 fully saturated rings. The molecule has 0 bridgehead atoms. The van der Waals surface area contributed by atoms with E-state index in [9.17, 15) is 14.4 Å². The second-order valence-corrected chi connectivity index (χ2v) is 4.98. The molecule has 0 aromatic heterocycles. The quantitative estimate of drug-likeness (QED) is 0.471. The fourth-order valence-electron chi connectivity index (χ4n) is 2.47. The van der Waals surface area contributed by atoms with Crippen molar-refractivity contribution >= 4 is 17.8 Å². The van der Waals surface area contributed by atoms with E-state index in [0.717, 1.165) is 12.8 Å². The number of amides is 2. The number of carboxylic acids is 1. The molecule has 0 heterocycles. The van der Waals surface area contributed by atoms with Crippen LogP contribution in [0.5, 0.6) is 0 Å². The standard InChI is InChI=1S/C13H22N2O5/c16-7-3-6-14-12(19)9-4-1-2-5-10(9)13(20)15-8-11(17)18/h9-10,16H,1-8H2,(H,14,19)(H,15,20)(H,17,18). The van der Waals surface area contributed by atoms with E-state index in [4.69, 9.17) is 10.2 Å². The Morgan fingerprint density at radius 2 is 1.55 bits per heavy atom. The van der Waals surface area contributed by atoms with Crippen molar-refractivity contribution < 1.29 is 24.6 Å². The number of rotatable bonds is 7. The van der Waals surface area contributed by atoms with Crippen LogP contribution in [-0.2, 0) is 14.4 Å². The van der Waals surface area contributed by atoms with Gasteiger partial charge >= 0.3 is 5.97 Å². The highest BCUT2D eigenvalue weighted by Crippen LogP contribution is 2.30. The van der Waals surface area contributed by atoms with Crippen molar-refractivity contribution in [2.75, 3.05) is 19.7 Å². The first-order chi connectivity index (χ1) is 9.56. The van der Waals surface area contributed by atoms with Gasteiger partial charge in [-0.25, -0.2) is 0 Å². The zero-order valence-electron chi connectivity index (χ0n) is 11.4. The Morgan fingerprint density at radius 1 is 1.00 bits per heavy atom. The molecular formula is C13H22N2O5. The first-order valence-corrected chi connectivity index (χ1v) is 6.94. The topological polar surface area (TPSA) is 116 Å². The Hall–Kier alpha value is -1.63. The Labute approximate surface area is 117 Å². The molecule has 0 aromatic carbocycles. The molecule has 20 heavy (non-hydrogen) atoms. The molecule has 0 spiro atoms. The van der Waals surface area contributed by atoms with Crippen molar-refractivity contribution in [1.29, 1.82) is 0 Å². The van der Waals surface area contributed by atoms with Gasteiger partial charge in [0.05, 0.1) is 0 Å². The van der Waals surface area contributed by atoms with E-state index in [0.29, 0.717) is 25.8 Å². The van der Waals surface area contributed by atoms with Crippen LogP contribution < -0.4 is 10.6 Å². The van der Waals surface area contributed by atoms with Gasteiger partial charge in [-0.15, -0.1) is 0 Å². The third-order valence-electron chi connectivity index (χ3n) is 3.49. The lowest BCUT2D eigenvalue weighted by Gasteiger charge is -2.29.